The second-order valence-electron chi connectivity index (χ2n) is 10.8. The van der Waals surface area contributed by atoms with Gasteiger partial charge in [0.15, 0.2) is 0 Å². The predicted octanol–water partition coefficient (Wildman–Crippen LogP) is 7.46. The standard InChI is InChI=1S/C33H29Cl2N5O3/c34-22-4-9-25(10-5-22)43-33(41)40-19-14-27-28-20-23(35)6-11-29(28)38-30(27)31(40)21-2-7-24(8-3-21)42-26-12-17-39(18-13-26)32-36-15-1-16-37-32/h1-11,15-16,20,26,31,38H,12-14,17-19H2/t31-/m0/s1. The molecule has 1 fully saturated rings. The topological polar surface area (TPSA) is 83.6 Å². The van der Waals surface area contributed by atoms with Crippen LogP contribution in [0.1, 0.15) is 35.7 Å². The second-order valence-corrected chi connectivity index (χ2v) is 11.7. The molecule has 5 aromatic rings. The van der Waals surface area contributed by atoms with Gasteiger partial charge in [0.1, 0.15) is 23.6 Å². The summed E-state index contributed by atoms with van der Waals surface area (Å²) in [5.74, 6) is 2.00. The molecule has 8 nitrogen and oxygen atoms in total. The first kappa shape index (κ1) is 27.6. The van der Waals surface area contributed by atoms with Crippen LogP contribution in [0.4, 0.5) is 10.7 Å². The number of carbonyl (C=O) groups excluding carboxylic acids is 1. The van der Waals surface area contributed by atoms with Crippen LogP contribution in [-0.4, -0.2) is 51.7 Å². The summed E-state index contributed by atoms with van der Waals surface area (Å²) >= 11 is 12.4. The minimum absolute atomic E-state index is 0.108. The summed E-state index contributed by atoms with van der Waals surface area (Å²) in [6.07, 6.45) is 5.66. The number of anilines is 1. The summed E-state index contributed by atoms with van der Waals surface area (Å²) in [5.41, 5.74) is 4.06. The van der Waals surface area contributed by atoms with Crippen molar-refractivity contribution in [3.63, 3.8) is 0 Å². The minimum atomic E-state index is -0.427. The van der Waals surface area contributed by atoms with E-state index in [9.17, 15) is 4.79 Å². The van der Waals surface area contributed by atoms with Gasteiger partial charge in [-0.3, -0.25) is 4.90 Å². The maximum atomic E-state index is 13.6. The van der Waals surface area contributed by atoms with E-state index < -0.39 is 6.09 Å². The Balaban J connectivity index is 1.13. The fraction of sp³-hybridized carbons (Fsp3) is 0.242. The molecule has 0 spiro atoms. The number of fused-ring (bicyclic) bond motifs is 3. The molecule has 4 heterocycles. The van der Waals surface area contributed by atoms with Crippen LogP contribution in [0, 0.1) is 0 Å². The number of amides is 1. The van der Waals surface area contributed by atoms with Gasteiger partial charge in [0.05, 0.1) is 0 Å². The predicted molar refractivity (Wildman–Crippen MR) is 167 cm³/mol. The molecule has 1 atom stereocenters. The molecule has 10 heteroatoms. The molecule has 0 aliphatic carbocycles. The maximum Gasteiger partial charge on any atom is 0.416 e. The third-order valence-corrected chi connectivity index (χ3v) is 8.60. The molecule has 2 aromatic heterocycles. The Kier molecular flexibility index (Phi) is 7.55. The number of aromatic nitrogens is 3. The Labute approximate surface area is 259 Å². The quantitative estimate of drug-likeness (QED) is 0.221. The SMILES string of the molecule is O=C(Oc1ccc(Cl)cc1)N1CCc2c([nH]c3ccc(Cl)cc23)[C@@H]1c1ccc(OC2CCN(c3ncccn3)CC2)cc1. The Morgan fingerprint density at radius 1 is 0.860 bits per heavy atom. The monoisotopic (exact) mass is 613 g/mol. The zero-order valence-electron chi connectivity index (χ0n) is 23.2. The van der Waals surface area contributed by atoms with Gasteiger partial charge >= 0.3 is 6.09 Å². The van der Waals surface area contributed by atoms with Gasteiger partial charge in [0, 0.05) is 71.5 Å². The van der Waals surface area contributed by atoms with E-state index in [1.54, 1.807) is 41.6 Å². The van der Waals surface area contributed by atoms with E-state index in [1.165, 1.54) is 0 Å². The van der Waals surface area contributed by atoms with Crippen LogP contribution in [-0.2, 0) is 6.42 Å². The average Bonchev–Trinajstić information content (AvgIpc) is 3.41. The first-order valence-corrected chi connectivity index (χ1v) is 15.1. The zero-order valence-corrected chi connectivity index (χ0v) is 24.8. The van der Waals surface area contributed by atoms with Crippen LogP contribution >= 0.6 is 23.2 Å². The van der Waals surface area contributed by atoms with Crippen molar-refractivity contribution in [1.82, 2.24) is 19.9 Å². The Morgan fingerprint density at radius 3 is 2.30 bits per heavy atom. The van der Waals surface area contributed by atoms with Gasteiger partial charge < -0.3 is 19.4 Å². The lowest BCUT2D eigenvalue weighted by Crippen LogP contribution is -2.42. The molecule has 0 unspecified atom stereocenters. The molecule has 2 aliphatic heterocycles. The highest BCUT2D eigenvalue weighted by molar-refractivity contribution is 6.31. The van der Waals surface area contributed by atoms with E-state index in [1.807, 2.05) is 48.5 Å². The largest absolute Gasteiger partial charge is 0.490 e. The van der Waals surface area contributed by atoms with Crippen LogP contribution < -0.4 is 14.4 Å². The summed E-state index contributed by atoms with van der Waals surface area (Å²) in [6.45, 7) is 2.17. The van der Waals surface area contributed by atoms with Crippen molar-refractivity contribution in [2.75, 3.05) is 24.5 Å². The maximum absolute atomic E-state index is 13.6. The molecule has 3 aromatic carbocycles. The van der Waals surface area contributed by atoms with Crippen LogP contribution in [0.15, 0.2) is 85.2 Å². The van der Waals surface area contributed by atoms with Gasteiger partial charge in [-0.05, 0) is 78.2 Å². The summed E-state index contributed by atoms with van der Waals surface area (Å²) in [4.78, 5) is 29.8. The van der Waals surface area contributed by atoms with Gasteiger partial charge in [-0.1, -0.05) is 35.3 Å². The van der Waals surface area contributed by atoms with E-state index in [0.29, 0.717) is 28.8 Å². The number of hydrogen-bond acceptors (Lipinski definition) is 6. The molecule has 7 rings (SSSR count). The molecule has 218 valence electrons. The summed E-state index contributed by atoms with van der Waals surface area (Å²) in [7, 11) is 0. The lowest BCUT2D eigenvalue weighted by molar-refractivity contribution is 0.135. The number of rotatable bonds is 5. The normalized spacial score (nSPS) is 17.1. The average molecular weight is 615 g/mol. The summed E-state index contributed by atoms with van der Waals surface area (Å²) < 4.78 is 12.2. The molecule has 43 heavy (non-hydrogen) atoms. The Bertz CT molecular complexity index is 1740. The number of H-pyrrole nitrogens is 1. The third-order valence-electron chi connectivity index (χ3n) is 8.12. The molecule has 1 amide bonds. The van der Waals surface area contributed by atoms with Gasteiger partial charge in [0.2, 0.25) is 5.95 Å². The molecular weight excluding hydrogens is 585 g/mol. The molecule has 2 aliphatic rings. The highest BCUT2D eigenvalue weighted by Gasteiger charge is 2.36. The number of carbonyl (C=O) groups is 1. The van der Waals surface area contributed by atoms with Crippen molar-refractivity contribution < 1.29 is 14.3 Å². The molecule has 0 bridgehead atoms. The third kappa shape index (κ3) is 5.72. The van der Waals surface area contributed by atoms with Gasteiger partial charge in [-0.2, -0.15) is 0 Å². The second kappa shape index (κ2) is 11.8. The number of piperidine rings is 1. The number of nitrogens with one attached hydrogen (secondary N) is 1. The van der Waals surface area contributed by atoms with Crippen LogP contribution in [0.25, 0.3) is 10.9 Å². The lowest BCUT2D eigenvalue weighted by Gasteiger charge is -2.35. The number of benzene rings is 3. The van der Waals surface area contributed by atoms with Crippen molar-refractivity contribution in [2.45, 2.75) is 31.4 Å². The highest BCUT2D eigenvalue weighted by atomic mass is 35.5. The highest BCUT2D eigenvalue weighted by Crippen LogP contribution is 2.40. The van der Waals surface area contributed by atoms with Gasteiger partial charge in [0.25, 0.3) is 0 Å². The fourth-order valence-corrected chi connectivity index (χ4v) is 6.31. The summed E-state index contributed by atoms with van der Waals surface area (Å²) in [6, 6.07) is 22.1. The Hall–Kier alpha value is -4.27. The van der Waals surface area contributed by atoms with Crippen molar-refractivity contribution in [3.8, 4) is 11.5 Å². The van der Waals surface area contributed by atoms with Gasteiger partial charge in [-0.15, -0.1) is 0 Å². The minimum Gasteiger partial charge on any atom is -0.490 e. The van der Waals surface area contributed by atoms with Gasteiger partial charge in [-0.25, -0.2) is 14.8 Å². The zero-order chi connectivity index (χ0) is 29.3. The smallest absolute Gasteiger partial charge is 0.416 e. The lowest BCUT2D eigenvalue weighted by atomic mass is 9.92. The number of ether oxygens (including phenoxy) is 2. The first-order chi connectivity index (χ1) is 21.0. The fourth-order valence-electron chi connectivity index (χ4n) is 6.02. The number of hydrogen-bond donors (Lipinski definition) is 1. The van der Waals surface area contributed by atoms with Crippen LogP contribution in [0.2, 0.25) is 10.0 Å². The number of halogens is 2. The van der Waals surface area contributed by atoms with Crippen molar-refractivity contribution in [2.24, 2.45) is 0 Å². The summed E-state index contributed by atoms with van der Waals surface area (Å²) in [5, 5.41) is 2.33. The molecule has 0 radical (unpaired) electrons. The molecule has 0 saturated carbocycles. The van der Waals surface area contributed by atoms with E-state index >= 15 is 0 Å². The van der Waals surface area contributed by atoms with Crippen molar-refractivity contribution >= 4 is 46.1 Å². The Morgan fingerprint density at radius 2 is 1.56 bits per heavy atom. The van der Waals surface area contributed by atoms with Crippen LogP contribution in [0.5, 0.6) is 11.5 Å². The molecule has 1 saturated heterocycles. The van der Waals surface area contributed by atoms with Crippen molar-refractivity contribution in [3.05, 3.63) is 112 Å². The van der Waals surface area contributed by atoms with E-state index in [0.717, 1.165) is 65.4 Å². The molecular formula is C33H29Cl2N5O3. The first-order valence-electron chi connectivity index (χ1n) is 14.3. The van der Waals surface area contributed by atoms with E-state index in [4.69, 9.17) is 32.7 Å². The van der Waals surface area contributed by atoms with E-state index in [-0.39, 0.29) is 12.1 Å². The number of aromatic amines is 1. The number of nitrogens with zero attached hydrogens (tertiary/aromatic N) is 4. The van der Waals surface area contributed by atoms with Crippen molar-refractivity contribution in [1.29, 1.82) is 0 Å². The van der Waals surface area contributed by atoms with Crippen LogP contribution in [0.3, 0.4) is 0 Å². The molecule has 1 N–H and O–H groups in total. The van der Waals surface area contributed by atoms with E-state index in [2.05, 4.69) is 19.9 Å².